The first kappa shape index (κ1) is 20.6. The maximum atomic E-state index is 13.4. The largest absolute Gasteiger partial charge is 0.497 e. The minimum Gasteiger partial charge on any atom is -0.497 e. The van der Waals surface area contributed by atoms with E-state index in [1.54, 1.807) is 56.7 Å². The van der Waals surface area contributed by atoms with Crippen molar-refractivity contribution in [3.8, 4) is 22.9 Å². The smallest absolute Gasteiger partial charge is 0.269 e. The van der Waals surface area contributed by atoms with Crippen molar-refractivity contribution < 1.29 is 18.6 Å². The number of benzene rings is 2. The fraction of sp³-hybridized carbons (Fsp3) is 0.261. The van der Waals surface area contributed by atoms with Crippen LogP contribution < -0.4 is 20.5 Å². The molecule has 8 heteroatoms. The lowest BCUT2D eigenvalue weighted by Gasteiger charge is -2.14. The lowest BCUT2D eigenvalue weighted by molar-refractivity contribution is 0.190. The van der Waals surface area contributed by atoms with Gasteiger partial charge >= 0.3 is 0 Å². The minimum atomic E-state index is -0.446. The highest BCUT2D eigenvalue weighted by atomic mass is 16.5. The summed E-state index contributed by atoms with van der Waals surface area (Å²) in [5.74, 6) is 1.63. The Kier molecular flexibility index (Phi) is 5.73. The molecule has 0 unspecified atom stereocenters. The molecule has 0 aliphatic heterocycles. The first-order chi connectivity index (χ1) is 15.1. The summed E-state index contributed by atoms with van der Waals surface area (Å²) in [6.45, 7) is 0.815. The zero-order valence-electron chi connectivity index (χ0n) is 17.5. The number of fused-ring (bicyclic) bond motifs is 2. The van der Waals surface area contributed by atoms with Crippen LogP contribution in [0.4, 0.5) is 0 Å². The molecule has 4 aromatic rings. The Hall–Kier alpha value is -3.65. The van der Waals surface area contributed by atoms with Gasteiger partial charge in [-0.3, -0.25) is 14.2 Å². The van der Waals surface area contributed by atoms with Crippen molar-refractivity contribution in [1.29, 1.82) is 0 Å². The molecule has 0 aliphatic carbocycles. The van der Waals surface area contributed by atoms with E-state index in [9.17, 15) is 9.59 Å². The average Bonchev–Trinajstić information content (AvgIpc) is 2.80. The van der Waals surface area contributed by atoms with Crippen LogP contribution >= 0.6 is 0 Å². The van der Waals surface area contributed by atoms with E-state index in [0.717, 1.165) is 0 Å². The molecule has 2 aromatic heterocycles. The van der Waals surface area contributed by atoms with Gasteiger partial charge in [0.05, 0.1) is 19.6 Å². The number of aromatic nitrogens is 2. The average molecular weight is 422 g/mol. The second-order valence-electron chi connectivity index (χ2n) is 6.94. The monoisotopic (exact) mass is 422 g/mol. The third kappa shape index (κ3) is 3.77. The second kappa shape index (κ2) is 8.61. The number of methoxy groups -OCH3 is 3. The molecular weight excluding hydrogens is 400 g/mol. The Balaban J connectivity index is 2.01. The fourth-order valence-corrected chi connectivity index (χ4v) is 3.48. The van der Waals surface area contributed by atoms with Gasteiger partial charge in [-0.05, 0) is 42.8 Å². The predicted molar refractivity (Wildman–Crippen MR) is 117 cm³/mol. The van der Waals surface area contributed by atoms with E-state index in [0.29, 0.717) is 53.4 Å². The van der Waals surface area contributed by atoms with Crippen LogP contribution in [0.2, 0.25) is 0 Å². The molecule has 160 valence electrons. The van der Waals surface area contributed by atoms with Gasteiger partial charge in [-0.25, -0.2) is 0 Å². The molecule has 0 saturated heterocycles. The van der Waals surface area contributed by atoms with Crippen LogP contribution in [0.15, 0.2) is 56.5 Å². The summed E-state index contributed by atoms with van der Waals surface area (Å²) in [6, 6.07) is 12.0. The van der Waals surface area contributed by atoms with E-state index in [2.05, 4.69) is 4.98 Å². The van der Waals surface area contributed by atoms with Gasteiger partial charge in [0.25, 0.3) is 5.56 Å². The van der Waals surface area contributed by atoms with E-state index in [1.807, 2.05) is 0 Å². The molecule has 0 saturated carbocycles. The zero-order chi connectivity index (χ0) is 22.0. The van der Waals surface area contributed by atoms with Crippen LogP contribution in [0.3, 0.4) is 0 Å². The highest BCUT2D eigenvalue weighted by Gasteiger charge is 2.19. The van der Waals surface area contributed by atoms with Crippen molar-refractivity contribution in [3.63, 3.8) is 0 Å². The highest BCUT2D eigenvalue weighted by Crippen LogP contribution is 2.24. The Bertz CT molecular complexity index is 1360. The molecule has 0 aliphatic rings. The highest BCUT2D eigenvalue weighted by molar-refractivity contribution is 5.89. The van der Waals surface area contributed by atoms with Crippen molar-refractivity contribution in [2.24, 2.45) is 0 Å². The van der Waals surface area contributed by atoms with Crippen LogP contribution in [0, 0.1) is 0 Å². The Morgan fingerprint density at radius 1 is 0.968 bits per heavy atom. The number of hydrogen-bond donors (Lipinski definition) is 0. The van der Waals surface area contributed by atoms with Crippen LogP contribution in [-0.2, 0) is 11.3 Å². The van der Waals surface area contributed by atoms with Crippen molar-refractivity contribution in [1.82, 2.24) is 9.55 Å². The fourth-order valence-electron chi connectivity index (χ4n) is 3.48. The van der Waals surface area contributed by atoms with Crippen molar-refractivity contribution in [2.75, 3.05) is 27.9 Å². The summed E-state index contributed by atoms with van der Waals surface area (Å²) in [5.41, 5.74) is 0.133. The van der Waals surface area contributed by atoms with E-state index >= 15 is 0 Å². The van der Waals surface area contributed by atoms with Crippen molar-refractivity contribution >= 4 is 22.1 Å². The maximum absolute atomic E-state index is 13.4. The Labute approximate surface area is 177 Å². The van der Waals surface area contributed by atoms with Crippen LogP contribution in [0.1, 0.15) is 6.42 Å². The molecule has 0 radical (unpaired) electrons. The van der Waals surface area contributed by atoms with Crippen LogP contribution in [-0.4, -0.2) is 37.5 Å². The first-order valence-electron chi connectivity index (χ1n) is 9.76. The molecule has 0 fully saturated rings. The molecule has 8 nitrogen and oxygen atoms in total. The molecule has 0 amide bonds. The number of nitrogens with zero attached hydrogens (tertiary/aromatic N) is 2. The lowest BCUT2D eigenvalue weighted by atomic mass is 10.1. The number of rotatable bonds is 7. The first-order valence-corrected chi connectivity index (χ1v) is 9.76. The van der Waals surface area contributed by atoms with Gasteiger partial charge in [-0.2, -0.15) is 4.98 Å². The summed E-state index contributed by atoms with van der Waals surface area (Å²) in [5, 5.41) is 0.222. The third-order valence-corrected chi connectivity index (χ3v) is 5.08. The predicted octanol–water partition coefficient (Wildman–Crippen LogP) is 3.22. The SMILES string of the molecule is COCCCn1c(-c2ccc(OC)cc2)nc2oc3cc(OC)ccc3c(=O)c2c1=O. The zero-order valence-corrected chi connectivity index (χ0v) is 17.5. The molecule has 0 atom stereocenters. The second-order valence-corrected chi connectivity index (χ2v) is 6.94. The summed E-state index contributed by atoms with van der Waals surface area (Å²) in [4.78, 5) is 31.1. The van der Waals surface area contributed by atoms with Crippen molar-refractivity contribution in [3.05, 3.63) is 63.0 Å². The molecule has 2 aromatic carbocycles. The Morgan fingerprint density at radius 3 is 2.35 bits per heavy atom. The quantitative estimate of drug-likeness (QED) is 0.333. The lowest BCUT2D eigenvalue weighted by Crippen LogP contribution is -2.28. The number of hydrogen-bond acceptors (Lipinski definition) is 7. The van der Waals surface area contributed by atoms with Gasteiger partial charge in [-0.1, -0.05) is 0 Å². The normalized spacial score (nSPS) is 11.2. The Morgan fingerprint density at radius 2 is 1.68 bits per heavy atom. The van der Waals surface area contributed by atoms with E-state index < -0.39 is 11.0 Å². The standard InChI is InChI=1S/C23H22N2O6/c1-28-12-4-11-25-21(14-5-7-15(29-2)8-6-14)24-22-19(23(25)27)20(26)17-10-9-16(30-3)13-18(17)31-22/h5-10,13H,4,11-12H2,1-3H3. The van der Waals surface area contributed by atoms with Gasteiger partial charge in [0, 0.05) is 31.9 Å². The van der Waals surface area contributed by atoms with Gasteiger partial charge in [0.15, 0.2) is 5.39 Å². The summed E-state index contributed by atoms with van der Waals surface area (Å²) in [7, 11) is 4.71. The van der Waals surface area contributed by atoms with Crippen molar-refractivity contribution in [2.45, 2.75) is 13.0 Å². The molecule has 0 bridgehead atoms. The van der Waals surface area contributed by atoms with Gasteiger partial charge in [0.1, 0.15) is 22.9 Å². The number of ether oxygens (including phenoxy) is 3. The van der Waals surface area contributed by atoms with Gasteiger partial charge < -0.3 is 18.6 Å². The summed E-state index contributed by atoms with van der Waals surface area (Å²) in [6.07, 6.45) is 0.586. The topological polar surface area (TPSA) is 92.8 Å². The molecule has 0 N–H and O–H groups in total. The molecule has 0 spiro atoms. The third-order valence-electron chi connectivity index (χ3n) is 5.08. The van der Waals surface area contributed by atoms with E-state index in [4.69, 9.17) is 18.6 Å². The summed E-state index contributed by atoms with van der Waals surface area (Å²) < 4.78 is 22.9. The summed E-state index contributed by atoms with van der Waals surface area (Å²) >= 11 is 0. The van der Waals surface area contributed by atoms with Gasteiger partial charge in [0.2, 0.25) is 11.1 Å². The van der Waals surface area contributed by atoms with Crippen LogP contribution in [0.5, 0.6) is 11.5 Å². The van der Waals surface area contributed by atoms with Crippen LogP contribution in [0.25, 0.3) is 33.5 Å². The van der Waals surface area contributed by atoms with E-state index in [1.165, 1.54) is 11.7 Å². The molecule has 31 heavy (non-hydrogen) atoms. The minimum absolute atomic E-state index is 0.00966. The van der Waals surface area contributed by atoms with Gasteiger partial charge in [-0.15, -0.1) is 0 Å². The molecule has 4 rings (SSSR count). The molecular formula is C23H22N2O6. The maximum Gasteiger partial charge on any atom is 0.269 e. The molecule has 2 heterocycles. The van der Waals surface area contributed by atoms with E-state index in [-0.39, 0.29) is 11.1 Å².